The number of aromatic amines is 1. The van der Waals surface area contributed by atoms with Crippen molar-refractivity contribution in [2.45, 2.75) is 39.8 Å². The first-order valence-electron chi connectivity index (χ1n) is 14.0. The average Bonchev–Trinajstić information content (AvgIpc) is 3.54. The summed E-state index contributed by atoms with van der Waals surface area (Å²) in [6, 6.07) is 19.7. The van der Waals surface area contributed by atoms with Gasteiger partial charge < -0.3 is 19.7 Å². The molecule has 0 fully saturated rings. The number of nitrogens with zero attached hydrogens (tertiary/aromatic N) is 3. The zero-order chi connectivity index (χ0) is 29.2. The first-order chi connectivity index (χ1) is 20.5. The van der Waals surface area contributed by atoms with Crippen molar-refractivity contribution in [3.8, 4) is 5.75 Å². The maximum atomic E-state index is 12.8. The molecule has 5 aromatic rings. The van der Waals surface area contributed by atoms with Gasteiger partial charge in [0.2, 0.25) is 0 Å². The van der Waals surface area contributed by atoms with Crippen LogP contribution in [0.5, 0.6) is 5.75 Å². The van der Waals surface area contributed by atoms with Crippen LogP contribution in [0.25, 0.3) is 22.2 Å². The van der Waals surface area contributed by atoms with Crippen LogP contribution < -0.4 is 15.8 Å². The van der Waals surface area contributed by atoms with Gasteiger partial charge in [-0.1, -0.05) is 48.5 Å². The molecular weight excluding hydrogens is 534 g/mol. The second-order valence-electron chi connectivity index (χ2n) is 10.2. The number of aliphatic hydroxyl groups is 1. The molecule has 0 spiro atoms. The summed E-state index contributed by atoms with van der Waals surface area (Å²) in [5.74, 6) is 1.15. The van der Waals surface area contributed by atoms with E-state index in [1.54, 1.807) is 6.07 Å². The third-order valence-electron chi connectivity index (χ3n) is 7.46. The van der Waals surface area contributed by atoms with E-state index in [9.17, 15) is 9.59 Å². The number of aliphatic hydroxyl groups excluding tert-OH is 1. The van der Waals surface area contributed by atoms with Crippen LogP contribution in [0.3, 0.4) is 0 Å². The minimum Gasteiger partial charge on any atom is -0.488 e. The second-order valence-corrected chi connectivity index (χ2v) is 10.2. The summed E-state index contributed by atoms with van der Waals surface area (Å²) < 4.78 is 13.2. The number of aryl methyl sites for hydroxylation is 1. The van der Waals surface area contributed by atoms with Crippen LogP contribution in [-0.2, 0) is 19.6 Å². The molecule has 10 nitrogen and oxygen atoms in total. The Labute approximate surface area is 241 Å². The third-order valence-corrected chi connectivity index (χ3v) is 7.46. The minimum atomic E-state index is -0.608. The average molecular weight is 566 g/mol. The van der Waals surface area contributed by atoms with Crippen LogP contribution in [0, 0.1) is 0 Å². The normalized spacial score (nSPS) is 13.7. The summed E-state index contributed by atoms with van der Waals surface area (Å²) in [6.07, 6.45) is 1.67. The Bertz CT molecular complexity index is 1880. The number of hydrogen-bond donors (Lipinski definition) is 3. The van der Waals surface area contributed by atoms with Crippen LogP contribution in [0.2, 0.25) is 0 Å². The molecule has 214 valence electrons. The van der Waals surface area contributed by atoms with Crippen LogP contribution >= 0.6 is 0 Å². The summed E-state index contributed by atoms with van der Waals surface area (Å²) in [5, 5.41) is 15.8. The fourth-order valence-electron chi connectivity index (χ4n) is 5.54. The highest BCUT2D eigenvalue weighted by molar-refractivity contribution is 6.05. The van der Waals surface area contributed by atoms with Crippen LogP contribution in [-0.4, -0.2) is 43.9 Å². The number of allylic oxidation sites excluding steroid dienone is 1. The van der Waals surface area contributed by atoms with E-state index in [1.165, 1.54) is 0 Å². The Morgan fingerprint density at radius 2 is 1.98 bits per heavy atom. The van der Waals surface area contributed by atoms with Crippen LogP contribution in [0.4, 0.5) is 0 Å². The molecule has 3 heterocycles. The highest BCUT2D eigenvalue weighted by Gasteiger charge is 2.24. The molecule has 2 aromatic heterocycles. The van der Waals surface area contributed by atoms with Gasteiger partial charge in [-0.3, -0.25) is 14.3 Å². The number of carbonyl (C=O) groups excluding carboxylic acids is 1. The lowest BCUT2D eigenvalue weighted by Gasteiger charge is -2.15. The van der Waals surface area contributed by atoms with E-state index in [1.807, 2.05) is 43.3 Å². The molecular formula is C32H31N5O5. The number of amides is 1. The monoisotopic (exact) mass is 565 g/mol. The van der Waals surface area contributed by atoms with Crippen LogP contribution in [0.15, 0.2) is 70.0 Å². The molecule has 0 unspecified atom stereocenters. The third kappa shape index (κ3) is 5.01. The number of imidazole rings is 1. The fourth-order valence-corrected chi connectivity index (χ4v) is 5.54. The SMILES string of the molecule is CCCc1nc2c(C(=O)NCCO)cccc2n1Cc1ccc2c(c1)COc1ccccc1/C2=C(/C)c1noc(=O)[nH]1. The molecule has 0 radical (unpaired) electrons. The summed E-state index contributed by atoms with van der Waals surface area (Å²) in [7, 11) is 0. The molecule has 0 bridgehead atoms. The maximum absolute atomic E-state index is 12.8. The molecule has 3 N–H and O–H groups in total. The molecule has 6 rings (SSSR count). The Morgan fingerprint density at radius 3 is 2.76 bits per heavy atom. The van der Waals surface area contributed by atoms with Gasteiger partial charge in [-0.2, -0.15) is 0 Å². The summed E-state index contributed by atoms with van der Waals surface area (Å²) >= 11 is 0. The standard InChI is InChI=1S/C32H31N5O5/c1-3-7-27-34-29-24(31(39)33-14-15-38)9-6-10-25(29)37(27)17-20-12-13-22-21(16-20)18-41-26-11-5-4-8-23(26)28(22)19(2)30-35-32(40)42-36-30/h4-6,8-13,16,38H,3,7,14-15,17-18H2,1-2H3,(H,33,39)(H,35,36,40)/b28-19-. The van der Waals surface area contributed by atoms with Gasteiger partial charge in [0.1, 0.15) is 23.7 Å². The highest BCUT2D eigenvalue weighted by atomic mass is 16.5. The van der Waals surface area contributed by atoms with Crippen molar-refractivity contribution in [2.75, 3.05) is 13.2 Å². The van der Waals surface area contributed by atoms with Gasteiger partial charge in [0.15, 0.2) is 5.82 Å². The minimum absolute atomic E-state index is 0.128. The molecule has 1 aliphatic rings. The van der Waals surface area contributed by atoms with Gasteiger partial charge >= 0.3 is 5.76 Å². The Hall–Kier alpha value is -4.96. The molecule has 0 atom stereocenters. The van der Waals surface area contributed by atoms with Crippen molar-refractivity contribution in [2.24, 2.45) is 0 Å². The number of carbonyl (C=O) groups is 1. The van der Waals surface area contributed by atoms with Crippen molar-refractivity contribution in [3.05, 3.63) is 111 Å². The molecule has 10 heteroatoms. The van der Waals surface area contributed by atoms with E-state index in [0.29, 0.717) is 30.1 Å². The van der Waals surface area contributed by atoms with Crippen molar-refractivity contribution in [1.82, 2.24) is 25.0 Å². The van der Waals surface area contributed by atoms with E-state index < -0.39 is 5.76 Å². The number of benzene rings is 3. The molecule has 0 saturated carbocycles. The largest absolute Gasteiger partial charge is 0.488 e. The number of hydrogen-bond acceptors (Lipinski definition) is 7. The van der Waals surface area contributed by atoms with E-state index in [2.05, 4.69) is 45.1 Å². The number of H-pyrrole nitrogens is 1. The van der Waals surface area contributed by atoms with E-state index in [0.717, 1.165) is 63.3 Å². The molecule has 0 saturated heterocycles. The first kappa shape index (κ1) is 27.2. The Kier molecular flexibility index (Phi) is 7.45. The number of para-hydroxylation sites is 2. The van der Waals surface area contributed by atoms with Gasteiger partial charge in [-0.15, -0.1) is 0 Å². The molecule has 42 heavy (non-hydrogen) atoms. The number of nitrogens with one attached hydrogen (secondary N) is 2. The molecule has 3 aromatic carbocycles. The van der Waals surface area contributed by atoms with Crippen molar-refractivity contribution >= 4 is 28.1 Å². The Balaban J connectivity index is 1.44. The highest BCUT2D eigenvalue weighted by Crippen LogP contribution is 2.40. The van der Waals surface area contributed by atoms with Gasteiger partial charge in [-0.25, -0.2) is 9.78 Å². The number of aromatic nitrogens is 4. The van der Waals surface area contributed by atoms with E-state index >= 15 is 0 Å². The number of ether oxygens (including phenoxy) is 1. The first-order valence-corrected chi connectivity index (χ1v) is 14.0. The summed E-state index contributed by atoms with van der Waals surface area (Å²) in [6.45, 7) is 5.00. The van der Waals surface area contributed by atoms with Gasteiger partial charge in [-0.05, 0) is 59.9 Å². The number of fused-ring (bicyclic) bond motifs is 3. The lowest BCUT2D eigenvalue weighted by atomic mass is 9.89. The lowest BCUT2D eigenvalue weighted by Crippen LogP contribution is -2.26. The topological polar surface area (TPSA) is 135 Å². The molecule has 1 amide bonds. The number of rotatable bonds is 8. The quantitative estimate of drug-likeness (QED) is 0.255. The second kappa shape index (κ2) is 11.5. The lowest BCUT2D eigenvalue weighted by molar-refractivity contribution is 0.0946. The summed E-state index contributed by atoms with van der Waals surface area (Å²) in [5.41, 5.74) is 7.63. The zero-order valence-electron chi connectivity index (χ0n) is 23.4. The predicted octanol–water partition coefficient (Wildman–Crippen LogP) is 4.31. The predicted molar refractivity (Wildman–Crippen MR) is 158 cm³/mol. The van der Waals surface area contributed by atoms with Crippen LogP contribution in [0.1, 0.15) is 64.5 Å². The Morgan fingerprint density at radius 1 is 1.12 bits per heavy atom. The molecule has 1 aliphatic heterocycles. The van der Waals surface area contributed by atoms with Crippen molar-refractivity contribution in [1.29, 1.82) is 0 Å². The van der Waals surface area contributed by atoms with E-state index in [-0.39, 0.29) is 19.1 Å². The van der Waals surface area contributed by atoms with E-state index in [4.69, 9.17) is 19.4 Å². The zero-order valence-corrected chi connectivity index (χ0v) is 23.4. The summed E-state index contributed by atoms with van der Waals surface area (Å²) in [4.78, 5) is 32.1. The fraction of sp³-hybridized carbons (Fsp3) is 0.250. The maximum Gasteiger partial charge on any atom is 0.439 e. The van der Waals surface area contributed by atoms with Crippen molar-refractivity contribution < 1.29 is 19.2 Å². The van der Waals surface area contributed by atoms with Gasteiger partial charge in [0.05, 0.1) is 17.7 Å². The van der Waals surface area contributed by atoms with Gasteiger partial charge in [0, 0.05) is 30.6 Å². The molecule has 0 aliphatic carbocycles. The van der Waals surface area contributed by atoms with Gasteiger partial charge in [0.25, 0.3) is 5.91 Å². The van der Waals surface area contributed by atoms with Crippen molar-refractivity contribution in [3.63, 3.8) is 0 Å². The smallest absolute Gasteiger partial charge is 0.439 e.